The molecule has 0 atom stereocenters. The minimum Gasteiger partial charge on any atom is -0.488 e. The Kier molecular flexibility index (Phi) is 3.71. The van der Waals surface area contributed by atoms with Crippen LogP contribution in [-0.4, -0.2) is 6.10 Å². The summed E-state index contributed by atoms with van der Waals surface area (Å²) in [7, 11) is 0. The molecule has 1 fully saturated rings. The lowest BCUT2D eigenvalue weighted by atomic mass is 9.76. The Labute approximate surface area is 112 Å². The molecule has 0 aliphatic heterocycles. The Hall–Kier alpha value is -0.960. The summed E-state index contributed by atoms with van der Waals surface area (Å²) in [5, 5.41) is 0.0321. The zero-order valence-corrected chi connectivity index (χ0v) is 11.6. The average Bonchev–Trinajstić information content (AvgIpc) is 2.28. The van der Waals surface area contributed by atoms with Gasteiger partial charge in [-0.2, -0.15) is 0 Å². The standard InChI is InChI=1S/C14H19ClFNO/c1-14(2)5-3-9(4-6-14)18-13-8-11(16)10(15)7-12(13)17/h7-9H,3-6,17H2,1-2H3. The zero-order chi connectivity index (χ0) is 13.3. The molecule has 2 rings (SSSR count). The minimum atomic E-state index is -0.489. The molecule has 18 heavy (non-hydrogen) atoms. The highest BCUT2D eigenvalue weighted by atomic mass is 35.5. The predicted molar refractivity (Wildman–Crippen MR) is 72.5 cm³/mol. The third-order valence-corrected chi connectivity index (χ3v) is 3.92. The third-order valence-electron chi connectivity index (χ3n) is 3.63. The van der Waals surface area contributed by atoms with E-state index in [0.717, 1.165) is 25.7 Å². The van der Waals surface area contributed by atoms with Crippen molar-refractivity contribution in [3.63, 3.8) is 0 Å². The number of nitrogen functional groups attached to an aromatic ring is 1. The monoisotopic (exact) mass is 271 g/mol. The van der Waals surface area contributed by atoms with Crippen molar-refractivity contribution in [3.05, 3.63) is 23.0 Å². The second-order valence-electron chi connectivity index (χ2n) is 5.79. The zero-order valence-electron chi connectivity index (χ0n) is 10.8. The first-order valence-corrected chi connectivity index (χ1v) is 6.66. The first-order chi connectivity index (χ1) is 8.37. The molecule has 4 heteroatoms. The van der Waals surface area contributed by atoms with Gasteiger partial charge in [-0.1, -0.05) is 25.4 Å². The van der Waals surface area contributed by atoms with Gasteiger partial charge in [0.2, 0.25) is 0 Å². The molecule has 0 unspecified atom stereocenters. The van der Waals surface area contributed by atoms with E-state index in [2.05, 4.69) is 13.8 Å². The second-order valence-corrected chi connectivity index (χ2v) is 6.19. The van der Waals surface area contributed by atoms with Crippen molar-refractivity contribution in [1.82, 2.24) is 0 Å². The van der Waals surface area contributed by atoms with E-state index in [9.17, 15) is 4.39 Å². The van der Waals surface area contributed by atoms with E-state index in [-0.39, 0.29) is 11.1 Å². The lowest BCUT2D eigenvalue weighted by Crippen LogP contribution is -2.28. The van der Waals surface area contributed by atoms with Gasteiger partial charge in [-0.05, 0) is 37.2 Å². The van der Waals surface area contributed by atoms with Crippen molar-refractivity contribution in [2.75, 3.05) is 5.73 Å². The van der Waals surface area contributed by atoms with E-state index in [0.29, 0.717) is 16.9 Å². The molecule has 0 aromatic heterocycles. The average molecular weight is 272 g/mol. The highest BCUT2D eigenvalue weighted by Crippen LogP contribution is 2.38. The minimum absolute atomic E-state index is 0.0321. The fraction of sp³-hybridized carbons (Fsp3) is 0.571. The van der Waals surface area contributed by atoms with Crippen LogP contribution in [0.25, 0.3) is 0 Å². The lowest BCUT2D eigenvalue weighted by Gasteiger charge is -2.34. The van der Waals surface area contributed by atoms with Crippen molar-refractivity contribution in [2.45, 2.75) is 45.6 Å². The first kappa shape index (κ1) is 13.5. The molecule has 0 amide bonds. The number of hydrogen-bond donors (Lipinski definition) is 1. The van der Waals surface area contributed by atoms with E-state index < -0.39 is 5.82 Å². The number of nitrogens with two attached hydrogens (primary N) is 1. The fourth-order valence-corrected chi connectivity index (χ4v) is 2.49. The van der Waals surface area contributed by atoms with Crippen LogP contribution < -0.4 is 10.5 Å². The molecule has 2 N–H and O–H groups in total. The SMILES string of the molecule is CC1(C)CCC(Oc2cc(F)c(Cl)cc2N)CC1. The quantitative estimate of drug-likeness (QED) is 0.809. The predicted octanol–water partition coefficient (Wildman–Crippen LogP) is 4.41. The van der Waals surface area contributed by atoms with Gasteiger partial charge in [0, 0.05) is 6.07 Å². The summed E-state index contributed by atoms with van der Waals surface area (Å²) >= 11 is 5.66. The molecule has 100 valence electrons. The van der Waals surface area contributed by atoms with E-state index in [4.69, 9.17) is 22.1 Å². The number of anilines is 1. The van der Waals surface area contributed by atoms with E-state index >= 15 is 0 Å². The molecule has 2 nitrogen and oxygen atoms in total. The van der Waals surface area contributed by atoms with E-state index in [1.54, 1.807) is 0 Å². The van der Waals surface area contributed by atoms with Crippen LogP contribution in [0.2, 0.25) is 5.02 Å². The van der Waals surface area contributed by atoms with Crippen LogP contribution in [0.3, 0.4) is 0 Å². The largest absolute Gasteiger partial charge is 0.488 e. The molecular weight excluding hydrogens is 253 g/mol. The maximum absolute atomic E-state index is 13.4. The van der Waals surface area contributed by atoms with Crippen LogP contribution >= 0.6 is 11.6 Å². The summed E-state index contributed by atoms with van der Waals surface area (Å²) in [6, 6.07) is 2.68. The molecule has 0 radical (unpaired) electrons. The molecule has 0 spiro atoms. The van der Waals surface area contributed by atoms with Gasteiger partial charge in [0.1, 0.15) is 11.6 Å². The maximum Gasteiger partial charge on any atom is 0.145 e. The topological polar surface area (TPSA) is 35.2 Å². The van der Waals surface area contributed by atoms with E-state index in [1.807, 2.05) is 0 Å². The van der Waals surface area contributed by atoms with Crippen molar-refractivity contribution in [3.8, 4) is 5.75 Å². The fourth-order valence-electron chi connectivity index (χ4n) is 2.32. The summed E-state index contributed by atoms with van der Waals surface area (Å²) in [5.41, 5.74) is 6.56. The maximum atomic E-state index is 13.4. The van der Waals surface area contributed by atoms with Crippen molar-refractivity contribution >= 4 is 17.3 Å². The Morgan fingerprint density at radius 1 is 1.33 bits per heavy atom. The second kappa shape index (κ2) is 4.96. The lowest BCUT2D eigenvalue weighted by molar-refractivity contribution is 0.0991. The third kappa shape index (κ3) is 3.08. The molecule has 1 aromatic rings. The van der Waals surface area contributed by atoms with Crippen molar-refractivity contribution in [2.24, 2.45) is 5.41 Å². The Balaban J connectivity index is 2.04. The summed E-state index contributed by atoms with van der Waals surface area (Å²) in [6.07, 6.45) is 4.33. The first-order valence-electron chi connectivity index (χ1n) is 6.28. The van der Waals surface area contributed by atoms with Gasteiger partial charge in [0.25, 0.3) is 0 Å². The normalized spacial score (nSPS) is 19.8. The number of halogens is 2. The van der Waals surface area contributed by atoms with Crippen molar-refractivity contribution < 1.29 is 9.13 Å². The van der Waals surface area contributed by atoms with Gasteiger partial charge in [-0.25, -0.2) is 4.39 Å². The number of rotatable bonds is 2. The molecule has 1 saturated carbocycles. The summed E-state index contributed by atoms with van der Waals surface area (Å²) in [6.45, 7) is 4.53. The van der Waals surface area contributed by atoms with Gasteiger partial charge in [-0.3, -0.25) is 0 Å². The summed E-state index contributed by atoms with van der Waals surface area (Å²) in [4.78, 5) is 0. The van der Waals surface area contributed by atoms with Gasteiger partial charge in [-0.15, -0.1) is 0 Å². The van der Waals surface area contributed by atoms with Gasteiger partial charge >= 0.3 is 0 Å². The highest BCUT2D eigenvalue weighted by molar-refractivity contribution is 6.31. The molecule has 1 aromatic carbocycles. The van der Waals surface area contributed by atoms with Crippen LogP contribution in [0, 0.1) is 11.2 Å². The number of ether oxygens (including phenoxy) is 1. The van der Waals surface area contributed by atoms with Crippen molar-refractivity contribution in [1.29, 1.82) is 0 Å². The van der Waals surface area contributed by atoms with Gasteiger partial charge < -0.3 is 10.5 Å². The van der Waals surface area contributed by atoms with Crippen LogP contribution in [0.15, 0.2) is 12.1 Å². The Morgan fingerprint density at radius 3 is 2.56 bits per heavy atom. The molecule has 0 bridgehead atoms. The van der Waals surface area contributed by atoms with E-state index in [1.165, 1.54) is 12.1 Å². The van der Waals surface area contributed by atoms with Crippen LogP contribution in [0.4, 0.5) is 10.1 Å². The molecular formula is C14H19ClFNO. The smallest absolute Gasteiger partial charge is 0.145 e. The molecule has 1 aliphatic carbocycles. The number of benzene rings is 1. The van der Waals surface area contributed by atoms with Gasteiger partial charge in [0.15, 0.2) is 0 Å². The molecule has 1 aliphatic rings. The van der Waals surface area contributed by atoms with Crippen LogP contribution in [-0.2, 0) is 0 Å². The molecule has 0 heterocycles. The Morgan fingerprint density at radius 2 is 1.94 bits per heavy atom. The summed E-state index contributed by atoms with van der Waals surface area (Å²) < 4.78 is 19.2. The van der Waals surface area contributed by atoms with Crippen LogP contribution in [0.5, 0.6) is 5.75 Å². The van der Waals surface area contributed by atoms with Crippen LogP contribution in [0.1, 0.15) is 39.5 Å². The highest BCUT2D eigenvalue weighted by Gasteiger charge is 2.28. The Bertz CT molecular complexity index is 438. The number of hydrogen-bond acceptors (Lipinski definition) is 2. The van der Waals surface area contributed by atoms with Gasteiger partial charge in [0.05, 0.1) is 16.8 Å². The molecule has 0 saturated heterocycles. The summed E-state index contributed by atoms with van der Waals surface area (Å²) in [5.74, 6) is -0.0846.